The molecule has 4 rings (SSSR count). The van der Waals surface area contributed by atoms with Crippen molar-refractivity contribution in [2.45, 2.75) is 32.5 Å². The quantitative estimate of drug-likeness (QED) is 0.605. The first-order valence-electron chi connectivity index (χ1n) is 10.3. The van der Waals surface area contributed by atoms with Crippen molar-refractivity contribution in [3.05, 3.63) is 35.9 Å². The number of hydrogen-bond donors (Lipinski definition) is 1. The number of nitrogens with one attached hydrogen (secondary N) is 1. The SMILES string of the molecule is COCCn1ncc2cc(NC(=O)c3oc(N4CCCC(C)C4)nc3C(F)(F)F)ccc21. The number of fused-ring (bicyclic) bond motifs is 1. The van der Waals surface area contributed by atoms with Gasteiger partial charge in [0.2, 0.25) is 5.76 Å². The Morgan fingerprint density at radius 1 is 1.38 bits per heavy atom. The molecule has 8 nitrogen and oxygen atoms in total. The molecule has 1 N–H and O–H groups in total. The lowest BCUT2D eigenvalue weighted by atomic mass is 10.0. The van der Waals surface area contributed by atoms with Crippen LogP contribution in [0.3, 0.4) is 0 Å². The summed E-state index contributed by atoms with van der Waals surface area (Å²) < 4.78 is 52.9. The van der Waals surface area contributed by atoms with Crippen LogP contribution >= 0.6 is 0 Å². The molecule has 0 radical (unpaired) electrons. The van der Waals surface area contributed by atoms with Gasteiger partial charge in [-0.2, -0.15) is 23.3 Å². The number of nitrogens with zero attached hydrogens (tertiary/aromatic N) is 4. The Balaban J connectivity index is 1.58. The lowest BCUT2D eigenvalue weighted by molar-refractivity contribution is -0.141. The van der Waals surface area contributed by atoms with Crippen LogP contribution in [0.2, 0.25) is 0 Å². The van der Waals surface area contributed by atoms with E-state index >= 15 is 0 Å². The smallest absolute Gasteiger partial charge is 0.417 e. The largest absolute Gasteiger partial charge is 0.437 e. The van der Waals surface area contributed by atoms with Gasteiger partial charge in [-0.25, -0.2) is 0 Å². The van der Waals surface area contributed by atoms with E-state index in [-0.39, 0.29) is 6.01 Å². The third-order valence-electron chi connectivity index (χ3n) is 5.43. The molecule has 3 heterocycles. The minimum absolute atomic E-state index is 0.177. The first-order valence-corrected chi connectivity index (χ1v) is 10.3. The van der Waals surface area contributed by atoms with Crippen LogP contribution in [0, 0.1) is 5.92 Å². The first kappa shape index (κ1) is 22.1. The lowest BCUT2D eigenvalue weighted by Gasteiger charge is -2.29. The molecule has 1 aliphatic heterocycles. The van der Waals surface area contributed by atoms with E-state index in [1.54, 1.807) is 41.1 Å². The summed E-state index contributed by atoms with van der Waals surface area (Å²) in [7, 11) is 1.59. The highest BCUT2D eigenvalue weighted by atomic mass is 19.4. The van der Waals surface area contributed by atoms with Crippen LogP contribution < -0.4 is 10.2 Å². The molecule has 0 saturated carbocycles. The van der Waals surface area contributed by atoms with Crippen LogP contribution in [0.4, 0.5) is 24.9 Å². The van der Waals surface area contributed by atoms with Gasteiger partial charge in [0.05, 0.1) is 24.9 Å². The van der Waals surface area contributed by atoms with E-state index < -0.39 is 23.5 Å². The van der Waals surface area contributed by atoms with Gasteiger partial charge >= 0.3 is 6.18 Å². The van der Waals surface area contributed by atoms with Gasteiger partial charge in [-0.15, -0.1) is 0 Å². The molecule has 1 amide bonds. The summed E-state index contributed by atoms with van der Waals surface area (Å²) in [5, 5.41) is 7.48. The summed E-state index contributed by atoms with van der Waals surface area (Å²) >= 11 is 0. The molecule has 11 heteroatoms. The van der Waals surface area contributed by atoms with E-state index in [1.165, 1.54) is 0 Å². The van der Waals surface area contributed by atoms with Crippen LogP contribution in [0.1, 0.15) is 36.0 Å². The van der Waals surface area contributed by atoms with Gasteiger partial charge in [0.1, 0.15) is 0 Å². The standard InChI is InChI=1S/C21H24F3N5O3/c1-13-4-3-7-28(12-13)20-27-18(21(22,23)24)17(32-20)19(30)26-15-5-6-16-14(10-15)11-25-29(16)8-9-31-2/h5-6,10-11,13H,3-4,7-9,12H2,1-2H3,(H,26,30). The van der Waals surface area contributed by atoms with Gasteiger partial charge in [-0.3, -0.25) is 9.48 Å². The molecule has 3 aromatic rings. The average molecular weight is 451 g/mol. The van der Waals surface area contributed by atoms with Crippen LogP contribution in [0.5, 0.6) is 0 Å². The predicted molar refractivity (Wildman–Crippen MR) is 112 cm³/mol. The summed E-state index contributed by atoms with van der Waals surface area (Å²) in [5.74, 6) is -1.55. The Bertz CT molecular complexity index is 1110. The summed E-state index contributed by atoms with van der Waals surface area (Å²) in [4.78, 5) is 18.0. The molecule has 1 aromatic carbocycles. The van der Waals surface area contributed by atoms with E-state index in [2.05, 4.69) is 15.4 Å². The summed E-state index contributed by atoms with van der Waals surface area (Å²) in [5.41, 5.74) is -0.180. The van der Waals surface area contributed by atoms with E-state index in [1.807, 2.05) is 6.92 Å². The van der Waals surface area contributed by atoms with Crippen molar-refractivity contribution >= 4 is 28.5 Å². The van der Waals surface area contributed by atoms with Crippen molar-refractivity contribution < 1.29 is 27.1 Å². The number of oxazole rings is 1. The fourth-order valence-electron chi connectivity index (χ4n) is 3.86. The van der Waals surface area contributed by atoms with E-state index in [0.717, 1.165) is 23.7 Å². The first-order chi connectivity index (χ1) is 15.3. The minimum Gasteiger partial charge on any atom is -0.417 e. The van der Waals surface area contributed by atoms with E-state index in [0.29, 0.717) is 37.8 Å². The zero-order valence-electron chi connectivity index (χ0n) is 17.8. The molecule has 172 valence electrons. The molecule has 0 aliphatic carbocycles. The van der Waals surface area contributed by atoms with Crippen molar-refractivity contribution in [3.63, 3.8) is 0 Å². The third kappa shape index (κ3) is 4.57. The molecular weight excluding hydrogens is 427 g/mol. The summed E-state index contributed by atoms with van der Waals surface area (Å²) in [6.07, 6.45) is -1.39. The van der Waals surface area contributed by atoms with Crippen LogP contribution in [0.15, 0.2) is 28.8 Å². The fraction of sp³-hybridized carbons (Fsp3) is 0.476. The Labute approximate surface area is 182 Å². The fourth-order valence-corrected chi connectivity index (χ4v) is 3.86. The van der Waals surface area contributed by atoms with Crippen molar-refractivity contribution in [2.75, 3.05) is 37.0 Å². The number of methoxy groups -OCH3 is 1. The predicted octanol–water partition coefficient (Wildman–Crippen LogP) is 4.18. The molecule has 1 unspecified atom stereocenters. The van der Waals surface area contributed by atoms with Gasteiger partial charge in [0.25, 0.3) is 11.9 Å². The van der Waals surface area contributed by atoms with Crippen molar-refractivity contribution in [3.8, 4) is 0 Å². The van der Waals surface area contributed by atoms with Crippen LogP contribution in [0.25, 0.3) is 10.9 Å². The van der Waals surface area contributed by atoms with Gasteiger partial charge in [0.15, 0.2) is 5.69 Å². The third-order valence-corrected chi connectivity index (χ3v) is 5.43. The Hall–Kier alpha value is -3.08. The second kappa shape index (κ2) is 8.81. The van der Waals surface area contributed by atoms with Crippen LogP contribution in [-0.4, -0.2) is 47.5 Å². The topological polar surface area (TPSA) is 85.4 Å². The number of hydrogen-bond acceptors (Lipinski definition) is 6. The normalized spacial score (nSPS) is 17.2. The highest BCUT2D eigenvalue weighted by Gasteiger charge is 2.42. The zero-order valence-corrected chi connectivity index (χ0v) is 17.8. The van der Waals surface area contributed by atoms with Crippen molar-refractivity contribution in [1.82, 2.24) is 14.8 Å². The summed E-state index contributed by atoms with van der Waals surface area (Å²) in [6, 6.07) is 4.80. The Morgan fingerprint density at radius 2 is 2.19 bits per heavy atom. The van der Waals surface area contributed by atoms with Crippen LogP contribution in [-0.2, 0) is 17.5 Å². The number of carbonyl (C=O) groups is 1. The molecule has 1 fully saturated rings. The van der Waals surface area contributed by atoms with Gasteiger partial charge < -0.3 is 19.4 Å². The van der Waals surface area contributed by atoms with E-state index in [4.69, 9.17) is 9.15 Å². The number of alkyl halides is 3. The Morgan fingerprint density at radius 3 is 2.91 bits per heavy atom. The van der Waals surface area contributed by atoms with Crippen molar-refractivity contribution in [1.29, 1.82) is 0 Å². The molecule has 1 aliphatic rings. The second-order valence-corrected chi connectivity index (χ2v) is 7.95. The highest BCUT2D eigenvalue weighted by molar-refractivity contribution is 6.04. The number of rotatable bonds is 6. The Kier molecular flexibility index (Phi) is 6.09. The van der Waals surface area contributed by atoms with Gasteiger partial charge in [-0.05, 0) is 37.0 Å². The molecule has 1 atom stereocenters. The number of aromatic nitrogens is 3. The van der Waals surface area contributed by atoms with Crippen molar-refractivity contribution in [2.24, 2.45) is 5.92 Å². The number of benzene rings is 1. The number of piperidine rings is 1. The molecule has 1 saturated heterocycles. The number of amides is 1. The molecular formula is C21H24F3N5O3. The average Bonchev–Trinajstić information content (AvgIpc) is 3.37. The lowest BCUT2D eigenvalue weighted by Crippen LogP contribution is -2.34. The second-order valence-electron chi connectivity index (χ2n) is 7.95. The number of anilines is 2. The van der Waals surface area contributed by atoms with Gasteiger partial charge in [0, 0.05) is 31.3 Å². The number of carbonyl (C=O) groups excluding carboxylic acids is 1. The molecule has 32 heavy (non-hydrogen) atoms. The zero-order chi connectivity index (χ0) is 22.9. The maximum Gasteiger partial charge on any atom is 0.437 e. The molecule has 0 bridgehead atoms. The number of ether oxygens (including phenoxy) is 1. The monoisotopic (exact) mass is 451 g/mol. The molecule has 2 aromatic heterocycles. The maximum atomic E-state index is 13.6. The maximum absolute atomic E-state index is 13.6. The highest BCUT2D eigenvalue weighted by Crippen LogP contribution is 2.35. The summed E-state index contributed by atoms with van der Waals surface area (Å²) in [6.45, 7) is 4.12. The molecule has 0 spiro atoms. The van der Waals surface area contributed by atoms with Gasteiger partial charge in [-0.1, -0.05) is 6.92 Å². The van der Waals surface area contributed by atoms with E-state index in [9.17, 15) is 18.0 Å². The minimum atomic E-state index is -4.82. The number of halogens is 3.